The van der Waals surface area contributed by atoms with E-state index >= 15 is 0 Å². The van der Waals surface area contributed by atoms with Gasteiger partial charge in [-0.1, -0.05) is 6.07 Å². The Hall–Kier alpha value is -2.22. The Bertz CT molecular complexity index is 497. The van der Waals surface area contributed by atoms with Crippen molar-refractivity contribution in [1.29, 1.82) is 0 Å². The number of nitrogens with one attached hydrogen (secondary N) is 1. The van der Waals surface area contributed by atoms with Gasteiger partial charge in [0.2, 0.25) is 0 Å². The Morgan fingerprint density at radius 1 is 1.38 bits per heavy atom. The molecule has 0 aliphatic heterocycles. The minimum Gasteiger partial charge on any atom is -0.480 e. The molecule has 0 heterocycles. The number of carboxylic acid groups (broad SMARTS) is 1. The number of alkyl halides is 2. The van der Waals surface area contributed by atoms with Crippen molar-refractivity contribution in [2.45, 2.75) is 25.5 Å². The van der Waals surface area contributed by atoms with Crippen molar-refractivity contribution in [3.05, 3.63) is 29.8 Å². The quantitative estimate of drug-likeness (QED) is 0.626. The second-order valence-electron chi connectivity index (χ2n) is 4.25. The second-order valence-corrected chi connectivity index (χ2v) is 4.25. The monoisotopic (exact) mass is 302 g/mol. The molecule has 4 N–H and O–H groups in total. The molecule has 0 spiro atoms. The minimum absolute atomic E-state index is 0.106. The fourth-order valence-electron chi connectivity index (χ4n) is 1.56. The first-order chi connectivity index (χ1) is 9.90. The molecule has 1 aromatic carbocycles. The standard InChI is InChI=1S/C13H16F2N2O4/c14-13(15)21-9-4-1-3-8(7-9)11(18)17-6-2-5-10(16)12(19)20/h1,3-4,7,10,13H,2,5-6,16H2,(H,17,18)(H,19,20)/t10-/m0/s1. The van der Waals surface area contributed by atoms with Crippen LogP contribution in [0.2, 0.25) is 0 Å². The fourth-order valence-corrected chi connectivity index (χ4v) is 1.56. The van der Waals surface area contributed by atoms with Gasteiger partial charge in [-0.25, -0.2) is 0 Å². The van der Waals surface area contributed by atoms with E-state index in [1.807, 2.05) is 0 Å². The van der Waals surface area contributed by atoms with E-state index in [1.165, 1.54) is 24.3 Å². The average Bonchev–Trinajstić information content (AvgIpc) is 2.42. The van der Waals surface area contributed by atoms with Crippen LogP contribution in [-0.2, 0) is 4.79 Å². The van der Waals surface area contributed by atoms with Crippen LogP contribution in [-0.4, -0.2) is 36.2 Å². The number of rotatable bonds is 8. The molecule has 0 aliphatic carbocycles. The number of carbonyl (C=O) groups is 2. The number of carboxylic acids is 1. The minimum atomic E-state index is -2.96. The molecule has 8 heteroatoms. The number of ether oxygens (including phenoxy) is 1. The van der Waals surface area contributed by atoms with E-state index in [-0.39, 0.29) is 24.3 Å². The highest BCUT2D eigenvalue weighted by atomic mass is 19.3. The number of carbonyl (C=O) groups excluding carboxylic acids is 1. The van der Waals surface area contributed by atoms with E-state index in [0.29, 0.717) is 6.42 Å². The zero-order chi connectivity index (χ0) is 15.8. The van der Waals surface area contributed by atoms with Crippen LogP contribution in [0.4, 0.5) is 8.78 Å². The molecule has 1 aromatic rings. The van der Waals surface area contributed by atoms with E-state index in [1.54, 1.807) is 0 Å². The van der Waals surface area contributed by atoms with Gasteiger partial charge in [0.05, 0.1) is 0 Å². The van der Waals surface area contributed by atoms with Crippen molar-refractivity contribution in [1.82, 2.24) is 5.32 Å². The lowest BCUT2D eigenvalue weighted by Gasteiger charge is -2.09. The Balaban J connectivity index is 2.43. The summed E-state index contributed by atoms with van der Waals surface area (Å²) >= 11 is 0. The molecule has 0 saturated carbocycles. The fraction of sp³-hybridized carbons (Fsp3) is 0.385. The summed E-state index contributed by atoms with van der Waals surface area (Å²) in [6, 6.07) is 4.42. The van der Waals surface area contributed by atoms with E-state index in [2.05, 4.69) is 10.1 Å². The third kappa shape index (κ3) is 6.17. The first-order valence-corrected chi connectivity index (χ1v) is 6.21. The van der Waals surface area contributed by atoms with Gasteiger partial charge in [0.25, 0.3) is 5.91 Å². The third-order valence-corrected chi connectivity index (χ3v) is 2.62. The van der Waals surface area contributed by atoms with Crippen molar-refractivity contribution in [3.63, 3.8) is 0 Å². The molecule has 0 saturated heterocycles. The molecule has 0 aromatic heterocycles. The summed E-state index contributed by atoms with van der Waals surface area (Å²) in [4.78, 5) is 22.2. The van der Waals surface area contributed by atoms with Crippen molar-refractivity contribution in [2.24, 2.45) is 5.73 Å². The van der Waals surface area contributed by atoms with E-state index in [4.69, 9.17) is 10.8 Å². The van der Waals surface area contributed by atoms with Crippen molar-refractivity contribution >= 4 is 11.9 Å². The molecular weight excluding hydrogens is 286 g/mol. The zero-order valence-corrected chi connectivity index (χ0v) is 11.1. The Morgan fingerprint density at radius 3 is 2.71 bits per heavy atom. The summed E-state index contributed by atoms with van der Waals surface area (Å²) in [5, 5.41) is 11.1. The number of hydrogen-bond donors (Lipinski definition) is 3. The first kappa shape index (κ1) is 16.8. The number of nitrogens with two attached hydrogens (primary N) is 1. The van der Waals surface area contributed by atoms with Gasteiger partial charge in [-0.2, -0.15) is 8.78 Å². The molecule has 0 fully saturated rings. The molecule has 0 unspecified atom stereocenters. The lowest BCUT2D eigenvalue weighted by molar-refractivity contribution is -0.138. The molecule has 1 atom stereocenters. The summed E-state index contributed by atoms with van der Waals surface area (Å²) in [6.07, 6.45) is 0.622. The largest absolute Gasteiger partial charge is 0.480 e. The Kier molecular flexibility index (Phi) is 6.54. The molecule has 6 nitrogen and oxygen atoms in total. The predicted molar refractivity (Wildman–Crippen MR) is 70.3 cm³/mol. The summed E-state index contributed by atoms with van der Waals surface area (Å²) in [5.41, 5.74) is 5.49. The molecular formula is C13H16F2N2O4. The van der Waals surface area contributed by atoms with Gasteiger partial charge >= 0.3 is 12.6 Å². The van der Waals surface area contributed by atoms with Gasteiger partial charge in [-0.3, -0.25) is 9.59 Å². The zero-order valence-electron chi connectivity index (χ0n) is 11.1. The maximum absolute atomic E-state index is 12.1. The smallest absolute Gasteiger partial charge is 0.387 e. The van der Waals surface area contributed by atoms with Gasteiger partial charge < -0.3 is 20.9 Å². The topological polar surface area (TPSA) is 102 Å². The summed E-state index contributed by atoms with van der Waals surface area (Å²) in [6.45, 7) is -2.72. The number of amides is 1. The Labute approximate surface area is 119 Å². The highest BCUT2D eigenvalue weighted by molar-refractivity contribution is 5.94. The molecule has 1 rings (SSSR count). The van der Waals surface area contributed by atoms with Gasteiger partial charge in [0, 0.05) is 12.1 Å². The molecule has 116 valence electrons. The SMILES string of the molecule is N[C@@H](CCCNC(=O)c1cccc(OC(F)F)c1)C(=O)O. The van der Waals surface area contributed by atoms with Crippen molar-refractivity contribution in [2.75, 3.05) is 6.54 Å². The van der Waals surface area contributed by atoms with Crippen LogP contribution >= 0.6 is 0 Å². The number of aliphatic carboxylic acids is 1. The lowest BCUT2D eigenvalue weighted by Crippen LogP contribution is -2.32. The lowest BCUT2D eigenvalue weighted by atomic mass is 10.1. The van der Waals surface area contributed by atoms with Crippen LogP contribution in [0.15, 0.2) is 24.3 Å². The van der Waals surface area contributed by atoms with Gasteiger partial charge in [0.1, 0.15) is 11.8 Å². The summed E-state index contributed by atoms with van der Waals surface area (Å²) in [5.74, 6) is -1.66. The second kappa shape index (κ2) is 8.15. The number of benzene rings is 1. The summed E-state index contributed by atoms with van der Waals surface area (Å²) < 4.78 is 28.3. The average molecular weight is 302 g/mol. The maximum atomic E-state index is 12.1. The summed E-state index contributed by atoms with van der Waals surface area (Å²) in [7, 11) is 0. The molecule has 0 bridgehead atoms. The highest BCUT2D eigenvalue weighted by Gasteiger charge is 2.12. The number of hydrogen-bond acceptors (Lipinski definition) is 4. The van der Waals surface area contributed by atoms with Gasteiger partial charge in [-0.15, -0.1) is 0 Å². The van der Waals surface area contributed by atoms with E-state index in [0.717, 1.165) is 0 Å². The molecule has 21 heavy (non-hydrogen) atoms. The first-order valence-electron chi connectivity index (χ1n) is 6.21. The van der Waals surface area contributed by atoms with Crippen LogP contribution in [0.25, 0.3) is 0 Å². The molecule has 0 aliphatic rings. The van der Waals surface area contributed by atoms with Crippen LogP contribution in [0, 0.1) is 0 Å². The molecule has 1 amide bonds. The molecule has 0 radical (unpaired) electrons. The van der Waals surface area contributed by atoms with Crippen LogP contribution in [0.1, 0.15) is 23.2 Å². The normalized spacial score (nSPS) is 12.0. The number of halogens is 2. The van der Waals surface area contributed by atoms with Gasteiger partial charge in [-0.05, 0) is 31.0 Å². The predicted octanol–water partition coefficient (Wildman–Crippen LogP) is 1.21. The van der Waals surface area contributed by atoms with Crippen LogP contribution < -0.4 is 15.8 Å². The van der Waals surface area contributed by atoms with Crippen LogP contribution in [0.5, 0.6) is 5.75 Å². The Morgan fingerprint density at radius 2 is 2.10 bits per heavy atom. The maximum Gasteiger partial charge on any atom is 0.387 e. The van der Waals surface area contributed by atoms with Crippen molar-refractivity contribution < 1.29 is 28.2 Å². The highest BCUT2D eigenvalue weighted by Crippen LogP contribution is 2.15. The van der Waals surface area contributed by atoms with Crippen LogP contribution in [0.3, 0.4) is 0 Å². The third-order valence-electron chi connectivity index (χ3n) is 2.62. The van der Waals surface area contributed by atoms with E-state index in [9.17, 15) is 18.4 Å². The van der Waals surface area contributed by atoms with Gasteiger partial charge in [0.15, 0.2) is 0 Å². The van der Waals surface area contributed by atoms with Crippen molar-refractivity contribution in [3.8, 4) is 5.75 Å². The van der Waals surface area contributed by atoms with E-state index < -0.39 is 24.5 Å².